The highest BCUT2D eigenvalue weighted by Gasteiger charge is 2.52. The molecule has 1 fully saturated rings. The third kappa shape index (κ3) is 1.92. The summed E-state index contributed by atoms with van der Waals surface area (Å²) in [5.74, 6) is -0.0196. The van der Waals surface area contributed by atoms with E-state index in [2.05, 4.69) is 0 Å². The summed E-state index contributed by atoms with van der Waals surface area (Å²) >= 11 is 0. The first-order chi connectivity index (χ1) is 6.93. The number of hydrogen-bond donors (Lipinski definition) is 2. The molecule has 0 aliphatic heterocycles. The van der Waals surface area contributed by atoms with Crippen LogP contribution in [0.1, 0.15) is 26.7 Å². The van der Waals surface area contributed by atoms with Crippen LogP contribution in [0, 0.1) is 11.8 Å². The van der Waals surface area contributed by atoms with Crippen LogP contribution in [-0.4, -0.2) is 42.3 Å². The fourth-order valence-corrected chi connectivity index (χ4v) is 4.64. The Morgan fingerprint density at radius 2 is 2.00 bits per heavy atom. The highest BCUT2D eigenvalue weighted by atomic mass is 32.2. The van der Waals surface area contributed by atoms with Crippen LogP contribution in [0.3, 0.4) is 0 Å². The van der Waals surface area contributed by atoms with Gasteiger partial charge in [0.1, 0.15) is 0 Å². The van der Waals surface area contributed by atoms with Crippen molar-refractivity contribution in [2.45, 2.75) is 31.4 Å². The maximum absolute atomic E-state index is 12.0. The molecule has 0 unspecified atom stereocenters. The highest BCUT2D eigenvalue weighted by Crippen LogP contribution is 2.44. The van der Waals surface area contributed by atoms with E-state index in [1.165, 1.54) is 0 Å². The average Bonchev–Trinajstić information content (AvgIpc) is 2.56. The van der Waals surface area contributed by atoms with Crippen molar-refractivity contribution in [2.24, 2.45) is 11.8 Å². The van der Waals surface area contributed by atoms with Crippen molar-refractivity contribution in [1.29, 1.82) is 0 Å². The fourth-order valence-electron chi connectivity index (χ4n) is 2.67. The van der Waals surface area contributed by atoms with Crippen molar-refractivity contribution < 1.29 is 18.6 Å². The molecule has 0 spiro atoms. The lowest BCUT2D eigenvalue weighted by Crippen LogP contribution is -2.45. The van der Waals surface area contributed by atoms with E-state index >= 15 is 0 Å². The monoisotopic (exact) mass is 236 g/mol. The van der Waals surface area contributed by atoms with E-state index in [1.54, 1.807) is 6.92 Å². The number of aliphatic hydroxyl groups excluding tert-OH is 2. The van der Waals surface area contributed by atoms with Crippen molar-refractivity contribution in [1.82, 2.24) is 0 Å². The largest absolute Gasteiger partial charge is 0.396 e. The molecule has 3 atom stereocenters. The van der Waals surface area contributed by atoms with Gasteiger partial charge in [-0.1, -0.05) is 13.8 Å². The van der Waals surface area contributed by atoms with Gasteiger partial charge in [-0.15, -0.1) is 0 Å². The predicted octanol–water partition coefficient (Wildman–Crippen LogP) is 0.191. The van der Waals surface area contributed by atoms with E-state index in [-0.39, 0.29) is 30.8 Å². The van der Waals surface area contributed by atoms with Gasteiger partial charge in [0.05, 0.1) is 11.4 Å². The minimum atomic E-state index is -3.26. The van der Waals surface area contributed by atoms with Crippen molar-refractivity contribution in [3.63, 3.8) is 0 Å². The van der Waals surface area contributed by atoms with E-state index in [4.69, 9.17) is 5.11 Å². The van der Waals surface area contributed by atoms with Gasteiger partial charge in [0.25, 0.3) is 0 Å². The van der Waals surface area contributed by atoms with Crippen LogP contribution < -0.4 is 0 Å². The van der Waals surface area contributed by atoms with Crippen molar-refractivity contribution in [3.05, 3.63) is 0 Å². The molecular weight excluding hydrogens is 216 g/mol. The molecule has 4 nitrogen and oxygen atoms in total. The van der Waals surface area contributed by atoms with Gasteiger partial charge in [0.2, 0.25) is 0 Å². The average molecular weight is 236 g/mol. The predicted molar refractivity (Wildman–Crippen MR) is 58.3 cm³/mol. The van der Waals surface area contributed by atoms with Crippen LogP contribution in [0.25, 0.3) is 0 Å². The molecule has 2 N–H and O–H groups in total. The van der Waals surface area contributed by atoms with Crippen LogP contribution in [0.4, 0.5) is 0 Å². The van der Waals surface area contributed by atoms with Gasteiger partial charge >= 0.3 is 0 Å². The molecule has 0 radical (unpaired) electrons. The fraction of sp³-hybridized carbons (Fsp3) is 1.00. The Hall–Kier alpha value is -0.130. The van der Waals surface area contributed by atoms with E-state index in [9.17, 15) is 13.5 Å². The molecule has 0 aromatic carbocycles. The summed E-state index contributed by atoms with van der Waals surface area (Å²) in [6.07, 6.45) is 1.06. The zero-order valence-electron chi connectivity index (χ0n) is 9.31. The smallest absolute Gasteiger partial charge is 0.158 e. The topological polar surface area (TPSA) is 74.6 Å². The molecule has 0 aromatic heterocycles. The molecule has 0 aromatic rings. The zero-order chi connectivity index (χ0) is 11.7. The molecule has 1 aliphatic carbocycles. The molecule has 0 bridgehead atoms. The van der Waals surface area contributed by atoms with Crippen LogP contribution >= 0.6 is 0 Å². The molecule has 0 saturated heterocycles. The zero-order valence-corrected chi connectivity index (χ0v) is 10.1. The quantitative estimate of drug-likeness (QED) is 0.731. The first-order valence-corrected chi connectivity index (χ1v) is 7.02. The molecule has 90 valence electrons. The molecule has 1 saturated carbocycles. The standard InChI is InChI=1S/C10H20O4S/c1-3-15(13,14)10(7-12)5-9(6-11)4-8(10)2/h8-9,11-12H,3-7H2,1-2H3/t8-,9+,10-/m0/s1. The van der Waals surface area contributed by atoms with Gasteiger partial charge in [-0.25, -0.2) is 8.42 Å². The first kappa shape index (κ1) is 12.9. The number of sulfone groups is 1. The second-order valence-corrected chi connectivity index (χ2v) is 7.14. The molecule has 1 rings (SSSR count). The summed E-state index contributed by atoms with van der Waals surface area (Å²) in [7, 11) is -3.26. The van der Waals surface area contributed by atoms with Crippen LogP contribution in [-0.2, 0) is 9.84 Å². The molecule has 1 aliphatic rings. The molecule has 0 amide bonds. The Morgan fingerprint density at radius 1 is 1.40 bits per heavy atom. The third-order valence-electron chi connectivity index (χ3n) is 3.74. The van der Waals surface area contributed by atoms with Gasteiger partial charge in [-0.05, 0) is 24.7 Å². The van der Waals surface area contributed by atoms with Crippen molar-refractivity contribution in [3.8, 4) is 0 Å². The minimum Gasteiger partial charge on any atom is -0.396 e. The van der Waals surface area contributed by atoms with Gasteiger partial charge in [0, 0.05) is 12.4 Å². The number of hydrogen-bond acceptors (Lipinski definition) is 4. The normalized spacial score (nSPS) is 37.1. The van der Waals surface area contributed by atoms with Crippen LogP contribution in [0.2, 0.25) is 0 Å². The van der Waals surface area contributed by atoms with Crippen molar-refractivity contribution in [2.75, 3.05) is 19.0 Å². The SMILES string of the molecule is CCS(=O)(=O)[C@]1(CO)C[C@H](CO)C[C@@H]1C. The molecule has 15 heavy (non-hydrogen) atoms. The number of aliphatic hydroxyl groups is 2. The Balaban J connectivity index is 3.06. The van der Waals surface area contributed by atoms with Crippen LogP contribution in [0.5, 0.6) is 0 Å². The summed E-state index contributed by atoms with van der Waals surface area (Å²) < 4.78 is 23.0. The molecule has 5 heteroatoms. The van der Waals surface area contributed by atoms with Gasteiger partial charge in [0.15, 0.2) is 9.84 Å². The molecule has 0 heterocycles. The lowest BCUT2D eigenvalue weighted by atomic mass is 9.98. The van der Waals surface area contributed by atoms with Crippen molar-refractivity contribution >= 4 is 9.84 Å². The summed E-state index contributed by atoms with van der Waals surface area (Å²) in [5.41, 5.74) is 0. The Bertz CT molecular complexity index is 311. The van der Waals surface area contributed by atoms with E-state index in [1.807, 2.05) is 6.92 Å². The summed E-state index contributed by atoms with van der Waals surface area (Å²) in [5, 5.41) is 18.5. The van der Waals surface area contributed by atoms with E-state index < -0.39 is 14.6 Å². The third-order valence-corrected chi connectivity index (χ3v) is 6.44. The summed E-state index contributed by atoms with van der Waals surface area (Å²) in [4.78, 5) is 0. The van der Waals surface area contributed by atoms with Crippen LogP contribution in [0.15, 0.2) is 0 Å². The summed E-state index contributed by atoms with van der Waals surface area (Å²) in [6.45, 7) is 3.12. The lowest BCUT2D eigenvalue weighted by Gasteiger charge is -2.30. The maximum Gasteiger partial charge on any atom is 0.158 e. The van der Waals surface area contributed by atoms with Gasteiger partial charge in [-0.2, -0.15) is 0 Å². The highest BCUT2D eigenvalue weighted by molar-refractivity contribution is 7.92. The Labute approximate surface area is 91.2 Å². The second kappa shape index (κ2) is 4.39. The maximum atomic E-state index is 12.0. The minimum absolute atomic E-state index is 0.00528. The van der Waals surface area contributed by atoms with Gasteiger partial charge in [-0.3, -0.25) is 0 Å². The number of rotatable bonds is 4. The Kier molecular flexibility index (Phi) is 3.79. The van der Waals surface area contributed by atoms with E-state index in [0.717, 1.165) is 0 Å². The summed E-state index contributed by atoms with van der Waals surface area (Å²) in [6, 6.07) is 0. The second-order valence-electron chi connectivity index (χ2n) is 4.52. The first-order valence-electron chi connectivity index (χ1n) is 5.37. The molecular formula is C10H20O4S. The van der Waals surface area contributed by atoms with Gasteiger partial charge < -0.3 is 10.2 Å². The lowest BCUT2D eigenvalue weighted by molar-refractivity contribution is 0.205. The van der Waals surface area contributed by atoms with E-state index in [0.29, 0.717) is 12.8 Å². The Morgan fingerprint density at radius 3 is 2.33 bits per heavy atom.